The van der Waals surface area contributed by atoms with Crippen molar-refractivity contribution in [2.24, 2.45) is 0 Å². The number of aryl methyl sites for hydroxylation is 1. The molecule has 2 aromatic carbocycles. The number of aliphatic hydroxyl groups is 1. The number of Topliss-reactive ketones (excluding diaryl/α,β-unsaturated/α-hetero) is 1. The first-order valence-electron chi connectivity index (χ1n) is 11.5. The molecule has 0 saturated carbocycles. The molecule has 0 spiro atoms. The molecule has 34 heavy (non-hydrogen) atoms. The summed E-state index contributed by atoms with van der Waals surface area (Å²) in [6, 6.07) is 12.1. The number of amides is 1. The molecule has 0 bridgehead atoms. The normalized spacial score (nSPS) is 20.7. The lowest BCUT2D eigenvalue weighted by molar-refractivity contribution is -0.140. The number of benzene rings is 2. The van der Waals surface area contributed by atoms with Crippen molar-refractivity contribution in [1.29, 1.82) is 0 Å². The van der Waals surface area contributed by atoms with Gasteiger partial charge in [-0.1, -0.05) is 28.1 Å². The van der Waals surface area contributed by atoms with Crippen molar-refractivity contribution in [3.05, 3.63) is 69.2 Å². The molecule has 1 amide bonds. The Labute approximate surface area is 208 Å². The van der Waals surface area contributed by atoms with Gasteiger partial charge in [-0.2, -0.15) is 0 Å². The molecule has 2 aromatic rings. The van der Waals surface area contributed by atoms with Crippen molar-refractivity contribution in [3.63, 3.8) is 0 Å². The minimum absolute atomic E-state index is 0.109. The largest absolute Gasteiger partial charge is 0.507 e. The number of hydrogen-bond acceptors (Lipinski definition) is 6. The standard InChI is InChI=1S/C26H29BrN2O5/c1-3-34-21-9-6-19(16-17(21)2)24(30)22-23(18-4-7-20(27)8-5-18)29(26(32)25(22)31)11-10-28-12-14-33-15-13-28/h4-9,16,23,30H,3,10-15H2,1-2H3/b24-22+. The number of aliphatic hydroxyl groups excluding tert-OH is 1. The van der Waals surface area contributed by atoms with Gasteiger partial charge in [0.1, 0.15) is 11.5 Å². The highest BCUT2D eigenvalue weighted by atomic mass is 79.9. The summed E-state index contributed by atoms with van der Waals surface area (Å²) >= 11 is 3.44. The summed E-state index contributed by atoms with van der Waals surface area (Å²) in [5.74, 6) is -0.718. The summed E-state index contributed by atoms with van der Waals surface area (Å²) < 4.78 is 11.9. The number of morpholine rings is 1. The molecule has 0 aromatic heterocycles. The van der Waals surface area contributed by atoms with E-state index in [1.807, 2.05) is 38.1 Å². The smallest absolute Gasteiger partial charge is 0.295 e. The van der Waals surface area contributed by atoms with Crippen molar-refractivity contribution in [3.8, 4) is 5.75 Å². The molecule has 1 atom stereocenters. The molecule has 2 aliphatic rings. The predicted molar refractivity (Wildman–Crippen MR) is 133 cm³/mol. The van der Waals surface area contributed by atoms with E-state index in [4.69, 9.17) is 9.47 Å². The number of nitrogens with zero attached hydrogens (tertiary/aromatic N) is 2. The molecule has 4 rings (SSSR count). The minimum Gasteiger partial charge on any atom is -0.507 e. The monoisotopic (exact) mass is 528 g/mol. The van der Waals surface area contributed by atoms with E-state index in [2.05, 4.69) is 20.8 Å². The van der Waals surface area contributed by atoms with Crippen molar-refractivity contribution in [1.82, 2.24) is 9.80 Å². The maximum atomic E-state index is 13.2. The van der Waals surface area contributed by atoms with Crippen LogP contribution in [0.1, 0.15) is 29.7 Å². The summed E-state index contributed by atoms with van der Waals surface area (Å²) in [4.78, 5) is 30.1. The topological polar surface area (TPSA) is 79.3 Å². The van der Waals surface area contributed by atoms with Gasteiger partial charge in [0.15, 0.2) is 0 Å². The van der Waals surface area contributed by atoms with Gasteiger partial charge in [-0.05, 0) is 55.3 Å². The number of rotatable bonds is 7. The van der Waals surface area contributed by atoms with Gasteiger partial charge in [0.2, 0.25) is 0 Å². The van der Waals surface area contributed by atoms with Gasteiger partial charge >= 0.3 is 0 Å². The molecular formula is C26H29BrN2O5. The van der Waals surface area contributed by atoms with Crippen LogP contribution in [0.2, 0.25) is 0 Å². The summed E-state index contributed by atoms with van der Waals surface area (Å²) in [5, 5.41) is 11.3. The van der Waals surface area contributed by atoms with E-state index in [0.29, 0.717) is 38.5 Å². The van der Waals surface area contributed by atoms with Gasteiger partial charge in [0.05, 0.1) is 31.4 Å². The van der Waals surface area contributed by atoms with Crippen LogP contribution in [-0.2, 0) is 14.3 Å². The molecular weight excluding hydrogens is 500 g/mol. The number of ether oxygens (including phenoxy) is 2. The minimum atomic E-state index is -0.668. The van der Waals surface area contributed by atoms with E-state index in [1.165, 1.54) is 0 Å². The number of halogens is 1. The van der Waals surface area contributed by atoms with E-state index < -0.39 is 17.7 Å². The first-order chi connectivity index (χ1) is 16.4. The van der Waals surface area contributed by atoms with Crippen molar-refractivity contribution in [2.45, 2.75) is 19.9 Å². The Kier molecular flexibility index (Phi) is 7.70. The van der Waals surface area contributed by atoms with Gasteiger partial charge in [-0.15, -0.1) is 0 Å². The third-order valence-electron chi connectivity index (χ3n) is 6.23. The van der Waals surface area contributed by atoms with E-state index in [9.17, 15) is 14.7 Å². The zero-order valence-electron chi connectivity index (χ0n) is 19.4. The van der Waals surface area contributed by atoms with Crippen molar-refractivity contribution >= 4 is 33.4 Å². The number of carbonyl (C=O) groups is 2. The van der Waals surface area contributed by atoms with Crippen LogP contribution in [0.3, 0.4) is 0 Å². The summed E-state index contributed by atoms with van der Waals surface area (Å²) in [6.45, 7) is 8.23. The van der Waals surface area contributed by atoms with Crippen molar-refractivity contribution < 1.29 is 24.2 Å². The fraction of sp³-hybridized carbons (Fsp3) is 0.385. The van der Waals surface area contributed by atoms with Crippen molar-refractivity contribution in [2.75, 3.05) is 46.0 Å². The number of carbonyl (C=O) groups excluding carboxylic acids is 2. The molecule has 180 valence electrons. The second kappa shape index (κ2) is 10.7. The molecule has 0 radical (unpaired) electrons. The first kappa shape index (κ1) is 24.4. The maximum absolute atomic E-state index is 13.2. The second-order valence-electron chi connectivity index (χ2n) is 8.41. The second-order valence-corrected chi connectivity index (χ2v) is 9.33. The van der Waals surface area contributed by atoms with E-state index in [0.717, 1.165) is 34.4 Å². The summed E-state index contributed by atoms with van der Waals surface area (Å²) in [5.41, 5.74) is 2.20. The lowest BCUT2D eigenvalue weighted by atomic mass is 9.95. The highest BCUT2D eigenvalue weighted by Crippen LogP contribution is 2.40. The Morgan fingerprint density at radius 2 is 1.82 bits per heavy atom. The van der Waals surface area contributed by atoms with E-state index >= 15 is 0 Å². The highest BCUT2D eigenvalue weighted by Gasteiger charge is 2.46. The Hall–Kier alpha value is -2.68. The maximum Gasteiger partial charge on any atom is 0.295 e. The Bertz CT molecular complexity index is 1090. The van der Waals surface area contributed by atoms with E-state index in [1.54, 1.807) is 23.1 Å². The summed E-state index contributed by atoms with van der Waals surface area (Å²) in [7, 11) is 0. The third kappa shape index (κ3) is 5.04. The van der Waals surface area contributed by atoms with E-state index in [-0.39, 0.29) is 11.3 Å². The molecule has 2 saturated heterocycles. The zero-order valence-corrected chi connectivity index (χ0v) is 21.0. The first-order valence-corrected chi connectivity index (χ1v) is 12.3. The average Bonchev–Trinajstić information content (AvgIpc) is 3.09. The zero-order chi connectivity index (χ0) is 24.2. The molecule has 2 fully saturated rings. The quantitative estimate of drug-likeness (QED) is 0.333. The highest BCUT2D eigenvalue weighted by molar-refractivity contribution is 9.10. The molecule has 8 heteroatoms. The lowest BCUT2D eigenvalue weighted by Gasteiger charge is -2.31. The van der Waals surface area contributed by atoms with Gasteiger partial charge in [0.25, 0.3) is 11.7 Å². The molecule has 0 aliphatic carbocycles. The number of hydrogen-bond donors (Lipinski definition) is 1. The molecule has 2 aliphatic heterocycles. The van der Waals surface area contributed by atoms with Crippen LogP contribution in [0.4, 0.5) is 0 Å². The Balaban J connectivity index is 1.73. The van der Waals surface area contributed by atoms with Gasteiger partial charge < -0.3 is 19.5 Å². The Morgan fingerprint density at radius 1 is 1.12 bits per heavy atom. The predicted octanol–water partition coefficient (Wildman–Crippen LogP) is 3.91. The third-order valence-corrected chi connectivity index (χ3v) is 6.76. The van der Waals surface area contributed by atoms with Crippen LogP contribution < -0.4 is 4.74 Å². The SMILES string of the molecule is CCOc1ccc(/C(O)=C2\C(=O)C(=O)N(CCN3CCOCC3)C2c2ccc(Br)cc2)cc1C. The molecule has 7 nitrogen and oxygen atoms in total. The van der Waals surface area contributed by atoms with Crippen LogP contribution in [0.5, 0.6) is 5.75 Å². The fourth-order valence-electron chi connectivity index (χ4n) is 4.45. The van der Waals surface area contributed by atoms with Gasteiger partial charge in [-0.3, -0.25) is 14.5 Å². The summed E-state index contributed by atoms with van der Waals surface area (Å²) in [6.07, 6.45) is 0. The van der Waals surface area contributed by atoms with Crippen LogP contribution in [0.25, 0.3) is 5.76 Å². The Morgan fingerprint density at radius 3 is 2.47 bits per heavy atom. The van der Waals surface area contributed by atoms with Crippen LogP contribution in [-0.4, -0.2) is 72.6 Å². The van der Waals surface area contributed by atoms with Crippen LogP contribution in [0, 0.1) is 6.92 Å². The molecule has 2 heterocycles. The van der Waals surface area contributed by atoms with Crippen LogP contribution >= 0.6 is 15.9 Å². The van der Waals surface area contributed by atoms with Crippen LogP contribution in [0.15, 0.2) is 52.5 Å². The molecule has 1 unspecified atom stereocenters. The van der Waals surface area contributed by atoms with Gasteiger partial charge in [-0.25, -0.2) is 0 Å². The number of likely N-dealkylation sites (tertiary alicyclic amines) is 1. The lowest BCUT2D eigenvalue weighted by Crippen LogP contribution is -2.42. The molecule has 1 N–H and O–H groups in total. The average molecular weight is 529 g/mol. The number of ketones is 1. The fourth-order valence-corrected chi connectivity index (χ4v) is 4.71. The van der Waals surface area contributed by atoms with Gasteiger partial charge in [0, 0.05) is 36.2 Å².